The van der Waals surface area contributed by atoms with E-state index in [-0.39, 0.29) is 0 Å². The third-order valence-corrected chi connectivity index (χ3v) is 4.04. The molecule has 1 aliphatic rings. The fourth-order valence-corrected chi connectivity index (χ4v) is 2.57. The average Bonchev–Trinajstić information content (AvgIpc) is 2.52. The maximum absolute atomic E-state index is 4.32. The van der Waals surface area contributed by atoms with Crippen molar-refractivity contribution in [2.75, 3.05) is 31.1 Å². The largest absolute Gasteiger partial charge is 0.353 e. The Morgan fingerprint density at radius 1 is 1.10 bits per heavy atom. The van der Waals surface area contributed by atoms with Gasteiger partial charge in [-0.15, -0.1) is 5.10 Å². The van der Waals surface area contributed by atoms with Crippen molar-refractivity contribution in [3.8, 4) is 0 Å². The van der Waals surface area contributed by atoms with Gasteiger partial charge in [0.15, 0.2) is 5.82 Å². The Morgan fingerprint density at radius 3 is 2.57 bits per heavy atom. The molecule has 0 aliphatic carbocycles. The number of pyridine rings is 1. The molecule has 0 radical (unpaired) electrons. The van der Waals surface area contributed by atoms with Crippen molar-refractivity contribution in [3.63, 3.8) is 0 Å². The van der Waals surface area contributed by atoms with Crippen LogP contribution in [-0.2, 0) is 6.54 Å². The zero-order chi connectivity index (χ0) is 14.7. The Hall–Kier alpha value is -2.01. The van der Waals surface area contributed by atoms with E-state index in [0.29, 0.717) is 0 Å². The standard InChI is InChI=1S/C16H21N5/c1-13-10-16(19-18-14(13)2)21-8-6-20(7-9-21)12-15-4-3-5-17-11-15/h3-5,10-11H,6-9,12H2,1-2H3. The SMILES string of the molecule is Cc1cc(N2CCN(Cc3cccnc3)CC2)nnc1C. The first-order valence-electron chi connectivity index (χ1n) is 7.39. The van der Waals surface area contributed by atoms with Crippen molar-refractivity contribution in [2.45, 2.75) is 20.4 Å². The summed E-state index contributed by atoms with van der Waals surface area (Å²) < 4.78 is 0. The Kier molecular flexibility index (Phi) is 4.10. The molecule has 2 aromatic rings. The fraction of sp³-hybridized carbons (Fsp3) is 0.438. The van der Waals surface area contributed by atoms with Crippen molar-refractivity contribution in [3.05, 3.63) is 47.4 Å². The van der Waals surface area contributed by atoms with Crippen LogP contribution in [0.25, 0.3) is 0 Å². The lowest BCUT2D eigenvalue weighted by Crippen LogP contribution is -2.46. The molecule has 0 saturated carbocycles. The van der Waals surface area contributed by atoms with Gasteiger partial charge < -0.3 is 4.90 Å². The van der Waals surface area contributed by atoms with E-state index in [1.54, 1.807) is 0 Å². The van der Waals surface area contributed by atoms with Crippen molar-refractivity contribution in [2.24, 2.45) is 0 Å². The van der Waals surface area contributed by atoms with Crippen molar-refractivity contribution in [1.29, 1.82) is 0 Å². The monoisotopic (exact) mass is 283 g/mol. The predicted molar refractivity (Wildman–Crippen MR) is 83.2 cm³/mol. The minimum Gasteiger partial charge on any atom is -0.353 e. The molecule has 0 bridgehead atoms. The van der Waals surface area contributed by atoms with Gasteiger partial charge >= 0.3 is 0 Å². The van der Waals surface area contributed by atoms with E-state index in [0.717, 1.165) is 44.2 Å². The highest BCUT2D eigenvalue weighted by Gasteiger charge is 2.18. The Morgan fingerprint density at radius 2 is 1.90 bits per heavy atom. The lowest BCUT2D eigenvalue weighted by atomic mass is 10.2. The van der Waals surface area contributed by atoms with Crippen LogP contribution in [0.4, 0.5) is 5.82 Å². The number of aromatic nitrogens is 3. The highest BCUT2D eigenvalue weighted by Crippen LogP contribution is 2.16. The third kappa shape index (κ3) is 3.36. The normalized spacial score (nSPS) is 16.2. The van der Waals surface area contributed by atoms with E-state index in [9.17, 15) is 0 Å². The summed E-state index contributed by atoms with van der Waals surface area (Å²) in [5.74, 6) is 0.999. The first-order chi connectivity index (χ1) is 10.2. The van der Waals surface area contributed by atoms with Crippen molar-refractivity contribution < 1.29 is 0 Å². The number of hydrogen-bond donors (Lipinski definition) is 0. The minimum absolute atomic E-state index is 0.973. The highest BCUT2D eigenvalue weighted by molar-refractivity contribution is 5.41. The molecule has 0 spiro atoms. The van der Waals surface area contributed by atoms with Crippen LogP contribution in [0, 0.1) is 13.8 Å². The van der Waals surface area contributed by atoms with E-state index >= 15 is 0 Å². The van der Waals surface area contributed by atoms with E-state index < -0.39 is 0 Å². The molecule has 21 heavy (non-hydrogen) atoms. The zero-order valence-corrected chi connectivity index (χ0v) is 12.7. The molecule has 2 aromatic heterocycles. The summed E-state index contributed by atoms with van der Waals surface area (Å²) in [6.07, 6.45) is 3.76. The molecule has 110 valence electrons. The van der Waals surface area contributed by atoms with Gasteiger partial charge in [-0.3, -0.25) is 9.88 Å². The molecule has 0 unspecified atom stereocenters. The topological polar surface area (TPSA) is 45.2 Å². The number of anilines is 1. The maximum atomic E-state index is 4.32. The zero-order valence-electron chi connectivity index (χ0n) is 12.7. The fourth-order valence-electron chi connectivity index (χ4n) is 2.57. The Bertz CT molecular complexity index is 591. The lowest BCUT2D eigenvalue weighted by Gasteiger charge is -2.35. The number of piperazine rings is 1. The number of hydrogen-bond acceptors (Lipinski definition) is 5. The Labute approximate surface area is 125 Å². The lowest BCUT2D eigenvalue weighted by molar-refractivity contribution is 0.249. The van der Waals surface area contributed by atoms with Crippen LogP contribution in [0.1, 0.15) is 16.8 Å². The average molecular weight is 283 g/mol. The quantitative estimate of drug-likeness (QED) is 0.859. The van der Waals surface area contributed by atoms with Crippen LogP contribution in [0.3, 0.4) is 0 Å². The second kappa shape index (κ2) is 6.18. The van der Waals surface area contributed by atoms with Crippen LogP contribution in [-0.4, -0.2) is 46.3 Å². The molecule has 0 amide bonds. The summed E-state index contributed by atoms with van der Waals surface area (Å²) in [5.41, 5.74) is 3.49. The van der Waals surface area contributed by atoms with Crippen molar-refractivity contribution >= 4 is 5.82 Å². The molecule has 3 rings (SSSR count). The van der Waals surface area contributed by atoms with Crippen LogP contribution in [0.2, 0.25) is 0 Å². The first kappa shape index (κ1) is 13.9. The summed E-state index contributed by atoms with van der Waals surface area (Å²) in [4.78, 5) is 8.95. The van der Waals surface area contributed by atoms with E-state index in [1.165, 1.54) is 11.1 Å². The number of aryl methyl sites for hydroxylation is 2. The molecular weight excluding hydrogens is 262 g/mol. The smallest absolute Gasteiger partial charge is 0.151 e. The van der Waals surface area contributed by atoms with Crippen LogP contribution in [0.15, 0.2) is 30.6 Å². The van der Waals surface area contributed by atoms with Gasteiger partial charge in [0.1, 0.15) is 0 Å². The summed E-state index contributed by atoms with van der Waals surface area (Å²) >= 11 is 0. The van der Waals surface area contributed by atoms with Gasteiger partial charge in [0, 0.05) is 45.1 Å². The molecule has 0 aromatic carbocycles. The summed E-state index contributed by atoms with van der Waals surface area (Å²) in [6.45, 7) is 9.15. The van der Waals surface area contributed by atoms with Gasteiger partial charge in [-0.2, -0.15) is 5.10 Å². The van der Waals surface area contributed by atoms with E-state index in [4.69, 9.17) is 0 Å². The third-order valence-electron chi connectivity index (χ3n) is 4.04. The molecule has 1 fully saturated rings. The van der Waals surface area contributed by atoms with Gasteiger partial charge in [0.2, 0.25) is 0 Å². The van der Waals surface area contributed by atoms with Crippen LogP contribution >= 0.6 is 0 Å². The predicted octanol–water partition coefficient (Wildman–Crippen LogP) is 1.81. The Balaban J connectivity index is 1.58. The second-order valence-electron chi connectivity index (χ2n) is 5.60. The van der Waals surface area contributed by atoms with Gasteiger partial charge in [-0.05, 0) is 37.1 Å². The summed E-state index contributed by atoms with van der Waals surface area (Å²) in [7, 11) is 0. The molecule has 5 nitrogen and oxygen atoms in total. The number of rotatable bonds is 3. The summed E-state index contributed by atoms with van der Waals surface area (Å²) in [5, 5.41) is 8.55. The van der Waals surface area contributed by atoms with E-state index in [1.807, 2.05) is 25.4 Å². The van der Waals surface area contributed by atoms with Crippen LogP contribution < -0.4 is 4.90 Å². The molecule has 0 N–H and O–H groups in total. The summed E-state index contributed by atoms with van der Waals surface area (Å²) in [6, 6.07) is 6.27. The van der Waals surface area contributed by atoms with Gasteiger partial charge in [-0.25, -0.2) is 0 Å². The molecule has 0 atom stereocenters. The minimum atomic E-state index is 0.973. The van der Waals surface area contributed by atoms with Crippen molar-refractivity contribution in [1.82, 2.24) is 20.1 Å². The number of nitrogens with zero attached hydrogens (tertiary/aromatic N) is 5. The highest BCUT2D eigenvalue weighted by atomic mass is 15.3. The molecule has 1 saturated heterocycles. The molecule has 3 heterocycles. The van der Waals surface area contributed by atoms with Gasteiger partial charge in [-0.1, -0.05) is 6.07 Å². The second-order valence-corrected chi connectivity index (χ2v) is 5.60. The molecular formula is C16H21N5. The van der Waals surface area contributed by atoms with Gasteiger partial charge in [0.25, 0.3) is 0 Å². The molecule has 1 aliphatic heterocycles. The maximum Gasteiger partial charge on any atom is 0.151 e. The van der Waals surface area contributed by atoms with Crippen LogP contribution in [0.5, 0.6) is 0 Å². The van der Waals surface area contributed by atoms with E-state index in [2.05, 4.69) is 44.0 Å². The molecule has 5 heteroatoms. The van der Waals surface area contributed by atoms with Gasteiger partial charge in [0.05, 0.1) is 5.69 Å². The first-order valence-corrected chi connectivity index (χ1v) is 7.39.